The van der Waals surface area contributed by atoms with Gasteiger partial charge in [0.15, 0.2) is 0 Å². The minimum Gasteiger partial charge on any atom is -0.344 e. The largest absolute Gasteiger partial charge is 0.344 e. The Kier molecular flexibility index (Phi) is 3.68. The van der Waals surface area contributed by atoms with E-state index in [1.165, 1.54) is 23.7 Å². The second-order valence-corrected chi connectivity index (χ2v) is 6.76. The van der Waals surface area contributed by atoms with Crippen LogP contribution in [0.25, 0.3) is 0 Å². The number of carbonyl (C=O) groups is 1. The average molecular weight is 355 g/mol. The number of hydrogen-bond donors (Lipinski definition) is 1. The Morgan fingerprint density at radius 3 is 2.42 bits per heavy atom. The van der Waals surface area contributed by atoms with Crippen molar-refractivity contribution >= 4 is 11.6 Å². The molecule has 0 radical (unpaired) electrons. The van der Waals surface area contributed by atoms with Gasteiger partial charge >= 0.3 is 5.69 Å². The van der Waals surface area contributed by atoms with Gasteiger partial charge in [-0.3, -0.25) is 18.7 Å². The van der Waals surface area contributed by atoms with Crippen molar-refractivity contribution in [1.82, 2.24) is 9.13 Å². The summed E-state index contributed by atoms with van der Waals surface area (Å²) in [6.45, 7) is 0. The van der Waals surface area contributed by atoms with Crippen LogP contribution in [0, 0.1) is 11.7 Å². The molecular formula is C19H18FN3O3. The molecule has 2 aliphatic rings. The van der Waals surface area contributed by atoms with E-state index in [4.69, 9.17) is 0 Å². The molecule has 134 valence electrons. The zero-order valence-corrected chi connectivity index (χ0v) is 14.5. The highest BCUT2D eigenvalue weighted by Crippen LogP contribution is 2.44. The highest BCUT2D eigenvalue weighted by Gasteiger charge is 2.42. The molecule has 1 N–H and O–H groups in total. The van der Waals surface area contributed by atoms with E-state index in [-0.39, 0.29) is 11.6 Å². The number of anilines is 1. The first-order chi connectivity index (χ1) is 12.4. The predicted molar refractivity (Wildman–Crippen MR) is 94.6 cm³/mol. The molecule has 0 bridgehead atoms. The van der Waals surface area contributed by atoms with Gasteiger partial charge in [-0.15, -0.1) is 0 Å². The van der Waals surface area contributed by atoms with E-state index < -0.39 is 23.1 Å². The number of aromatic nitrogens is 2. The van der Waals surface area contributed by atoms with Crippen molar-refractivity contribution in [2.75, 3.05) is 5.32 Å². The van der Waals surface area contributed by atoms with Gasteiger partial charge in [0.05, 0.1) is 11.5 Å². The summed E-state index contributed by atoms with van der Waals surface area (Å²) < 4.78 is 15.8. The number of fused-ring (bicyclic) bond motifs is 2. The lowest BCUT2D eigenvalue weighted by Crippen LogP contribution is -2.46. The van der Waals surface area contributed by atoms with E-state index in [9.17, 15) is 18.8 Å². The van der Waals surface area contributed by atoms with Gasteiger partial charge in [0.2, 0.25) is 0 Å². The number of allylic oxidation sites excluding steroid dienone is 2. The Bertz CT molecular complexity index is 1060. The molecule has 2 atom stereocenters. The van der Waals surface area contributed by atoms with Crippen LogP contribution < -0.4 is 16.6 Å². The Hall–Kier alpha value is -2.96. The standard InChI is InChI=1S/C19H18FN3O3/c1-22-17-16(18(25)23(2)19(22)26)14(10-6-8-11(20)9-7-10)15-12(21-17)4-3-5-13(15)24/h4,6-9,14-15,21H,3,5H2,1-2H3/t14-,15-/m0/s1. The maximum absolute atomic E-state index is 13.4. The fourth-order valence-electron chi connectivity index (χ4n) is 3.95. The fraction of sp³-hybridized carbons (Fsp3) is 0.316. The van der Waals surface area contributed by atoms with Crippen molar-refractivity contribution in [3.8, 4) is 0 Å². The van der Waals surface area contributed by atoms with Gasteiger partial charge in [-0.05, 0) is 24.1 Å². The van der Waals surface area contributed by atoms with Crippen molar-refractivity contribution in [1.29, 1.82) is 0 Å². The third kappa shape index (κ3) is 2.27. The summed E-state index contributed by atoms with van der Waals surface area (Å²) in [6.07, 6.45) is 2.95. The number of benzene rings is 1. The van der Waals surface area contributed by atoms with Crippen LogP contribution >= 0.6 is 0 Å². The normalized spacial score (nSPS) is 21.5. The lowest BCUT2D eigenvalue weighted by Gasteiger charge is -2.38. The first kappa shape index (κ1) is 16.5. The second-order valence-electron chi connectivity index (χ2n) is 6.76. The van der Waals surface area contributed by atoms with Crippen molar-refractivity contribution in [2.45, 2.75) is 18.8 Å². The third-order valence-corrected chi connectivity index (χ3v) is 5.27. The molecule has 1 aliphatic carbocycles. The molecule has 26 heavy (non-hydrogen) atoms. The maximum Gasteiger partial charge on any atom is 0.332 e. The van der Waals surface area contributed by atoms with Crippen LogP contribution in [0.2, 0.25) is 0 Å². The number of hydrogen-bond acceptors (Lipinski definition) is 4. The Balaban J connectivity index is 2.07. The lowest BCUT2D eigenvalue weighted by atomic mass is 9.72. The second kappa shape index (κ2) is 5.79. The Labute approximate surface area is 148 Å². The van der Waals surface area contributed by atoms with Crippen LogP contribution in [0.3, 0.4) is 0 Å². The molecule has 1 aromatic heterocycles. The minimum absolute atomic E-state index is 0.0332. The number of ketones is 1. The third-order valence-electron chi connectivity index (χ3n) is 5.27. The minimum atomic E-state index is -0.559. The van der Waals surface area contributed by atoms with E-state index in [2.05, 4.69) is 5.32 Å². The highest BCUT2D eigenvalue weighted by atomic mass is 19.1. The molecule has 0 amide bonds. The molecule has 0 spiro atoms. The molecule has 2 heterocycles. The molecule has 1 aromatic carbocycles. The van der Waals surface area contributed by atoms with Gasteiger partial charge in [-0.2, -0.15) is 0 Å². The van der Waals surface area contributed by atoms with Gasteiger partial charge in [0.25, 0.3) is 5.56 Å². The Morgan fingerprint density at radius 1 is 1.04 bits per heavy atom. The summed E-state index contributed by atoms with van der Waals surface area (Å²) in [6, 6.07) is 5.83. The molecule has 7 heteroatoms. The lowest BCUT2D eigenvalue weighted by molar-refractivity contribution is -0.122. The first-order valence-corrected chi connectivity index (χ1v) is 8.45. The summed E-state index contributed by atoms with van der Waals surface area (Å²) in [5, 5.41) is 3.13. The van der Waals surface area contributed by atoms with Gasteiger partial charge in [-0.25, -0.2) is 9.18 Å². The topological polar surface area (TPSA) is 73.1 Å². The molecular weight excluding hydrogens is 337 g/mol. The molecule has 4 rings (SSSR count). The van der Waals surface area contributed by atoms with E-state index in [1.54, 1.807) is 19.2 Å². The zero-order valence-electron chi connectivity index (χ0n) is 14.5. The fourth-order valence-corrected chi connectivity index (χ4v) is 3.95. The predicted octanol–water partition coefficient (Wildman–Crippen LogP) is 1.64. The summed E-state index contributed by atoms with van der Waals surface area (Å²) in [7, 11) is 3.00. The van der Waals surface area contributed by atoms with Gasteiger partial charge in [-0.1, -0.05) is 18.2 Å². The van der Waals surface area contributed by atoms with Crippen LogP contribution in [-0.4, -0.2) is 14.9 Å². The van der Waals surface area contributed by atoms with E-state index >= 15 is 0 Å². The van der Waals surface area contributed by atoms with Gasteiger partial charge < -0.3 is 5.32 Å². The Morgan fingerprint density at radius 2 is 1.73 bits per heavy atom. The maximum atomic E-state index is 13.4. The van der Waals surface area contributed by atoms with E-state index in [1.807, 2.05) is 6.08 Å². The quantitative estimate of drug-likeness (QED) is 0.844. The van der Waals surface area contributed by atoms with Gasteiger partial charge in [0, 0.05) is 32.1 Å². The van der Waals surface area contributed by atoms with Crippen LogP contribution in [-0.2, 0) is 18.9 Å². The first-order valence-electron chi connectivity index (χ1n) is 8.45. The van der Waals surface area contributed by atoms with Crippen molar-refractivity contribution in [3.05, 3.63) is 73.8 Å². The summed E-state index contributed by atoms with van der Waals surface area (Å²) in [5.74, 6) is -1.05. The van der Waals surface area contributed by atoms with Crippen LogP contribution in [0.5, 0.6) is 0 Å². The molecule has 0 fully saturated rings. The molecule has 1 aliphatic heterocycles. The number of halogens is 1. The molecule has 2 aromatic rings. The van der Waals surface area contributed by atoms with Crippen LogP contribution in [0.15, 0.2) is 45.6 Å². The van der Waals surface area contributed by atoms with E-state index in [0.717, 1.165) is 4.57 Å². The average Bonchev–Trinajstić information content (AvgIpc) is 2.64. The monoisotopic (exact) mass is 355 g/mol. The SMILES string of the molecule is Cn1c2c(c(=O)n(C)c1=O)[C@@H](c1ccc(F)cc1)[C@@H]1C(=O)CCC=C1N2. The molecule has 0 saturated heterocycles. The van der Waals surface area contributed by atoms with Gasteiger partial charge in [0.1, 0.15) is 17.4 Å². The molecule has 6 nitrogen and oxygen atoms in total. The van der Waals surface area contributed by atoms with Crippen LogP contribution in [0.4, 0.5) is 10.2 Å². The number of nitrogens with one attached hydrogen (secondary N) is 1. The smallest absolute Gasteiger partial charge is 0.332 e. The van der Waals surface area contributed by atoms with Crippen molar-refractivity contribution in [3.63, 3.8) is 0 Å². The van der Waals surface area contributed by atoms with E-state index in [0.29, 0.717) is 35.5 Å². The van der Waals surface area contributed by atoms with Crippen LogP contribution in [0.1, 0.15) is 29.9 Å². The highest BCUT2D eigenvalue weighted by molar-refractivity contribution is 5.89. The molecule has 0 unspecified atom stereocenters. The summed E-state index contributed by atoms with van der Waals surface area (Å²) in [5.41, 5.74) is 0.851. The van der Waals surface area contributed by atoms with Crippen molar-refractivity contribution < 1.29 is 9.18 Å². The summed E-state index contributed by atoms with van der Waals surface area (Å²) >= 11 is 0. The number of carbonyl (C=O) groups excluding carboxylic acids is 1. The number of rotatable bonds is 1. The zero-order chi connectivity index (χ0) is 18.6. The number of Topliss-reactive ketones (excluding diaryl/α,β-unsaturated/α-hetero) is 1. The summed E-state index contributed by atoms with van der Waals surface area (Å²) in [4.78, 5) is 38.0. The number of nitrogens with zero attached hydrogens (tertiary/aromatic N) is 2. The van der Waals surface area contributed by atoms with Crippen molar-refractivity contribution in [2.24, 2.45) is 20.0 Å². The molecule has 0 saturated carbocycles.